The molecule has 2 rings (SSSR count). The summed E-state index contributed by atoms with van der Waals surface area (Å²) in [6, 6.07) is 8.67. The summed E-state index contributed by atoms with van der Waals surface area (Å²) in [6.45, 7) is 0. The molecule has 24 heavy (non-hydrogen) atoms. The van der Waals surface area contributed by atoms with Gasteiger partial charge in [-0.15, -0.1) is 0 Å². The fourth-order valence-electron chi connectivity index (χ4n) is 2.13. The summed E-state index contributed by atoms with van der Waals surface area (Å²) >= 11 is 0. The van der Waals surface area contributed by atoms with Crippen molar-refractivity contribution >= 4 is 5.69 Å². The minimum Gasteiger partial charge on any atom is -0.493 e. The molecule has 0 amide bonds. The first-order chi connectivity index (χ1) is 11.5. The molecule has 0 spiro atoms. The fraction of sp³-hybridized carbons (Fsp3) is 0.176. The van der Waals surface area contributed by atoms with Crippen molar-refractivity contribution in [3.05, 3.63) is 53.1 Å². The second-order valence-electron chi connectivity index (χ2n) is 4.74. The van der Waals surface area contributed by atoms with E-state index in [-0.39, 0.29) is 28.3 Å². The molecule has 2 aromatic rings. The summed E-state index contributed by atoms with van der Waals surface area (Å²) < 4.78 is 38.3. The number of nitriles is 2. The summed E-state index contributed by atoms with van der Waals surface area (Å²) in [5.74, 6) is -0.979. The Morgan fingerprint density at radius 2 is 1.67 bits per heavy atom. The van der Waals surface area contributed by atoms with E-state index in [1.807, 2.05) is 12.1 Å². The molecular weight excluding hydrogens is 316 g/mol. The van der Waals surface area contributed by atoms with Crippen LogP contribution in [0.1, 0.15) is 17.2 Å². The molecule has 1 unspecified atom stereocenters. The molecule has 2 aromatic carbocycles. The molecular formula is C17H13F2N3O2. The Balaban J connectivity index is 2.40. The lowest BCUT2D eigenvalue weighted by Gasteiger charge is -2.17. The average Bonchev–Trinajstić information content (AvgIpc) is 2.60. The van der Waals surface area contributed by atoms with Gasteiger partial charge in [0.15, 0.2) is 11.5 Å². The van der Waals surface area contributed by atoms with Gasteiger partial charge in [0, 0.05) is 11.6 Å². The summed E-state index contributed by atoms with van der Waals surface area (Å²) in [4.78, 5) is 0. The van der Waals surface area contributed by atoms with Crippen LogP contribution in [0.5, 0.6) is 11.5 Å². The van der Waals surface area contributed by atoms with E-state index in [2.05, 4.69) is 5.32 Å². The van der Waals surface area contributed by atoms with Gasteiger partial charge in [-0.25, -0.2) is 8.78 Å². The molecule has 0 radical (unpaired) electrons. The topological polar surface area (TPSA) is 78.1 Å². The van der Waals surface area contributed by atoms with Crippen molar-refractivity contribution in [3.63, 3.8) is 0 Å². The van der Waals surface area contributed by atoms with E-state index in [0.717, 1.165) is 12.1 Å². The van der Waals surface area contributed by atoms with Crippen molar-refractivity contribution in [1.29, 1.82) is 10.5 Å². The van der Waals surface area contributed by atoms with Gasteiger partial charge in [-0.1, -0.05) is 0 Å². The number of ether oxygens (including phenoxy) is 2. The molecule has 0 aliphatic rings. The number of hydrogen-bond acceptors (Lipinski definition) is 5. The van der Waals surface area contributed by atoms with Gasteiger partial charge in [0.1, 0.15) is 17.7 Å². The van der Waals surface area contributed by atoms with Gasteiger partial charge >= 0.3 is 0 Å². The highest BCUT2D eigenvalue weighted by Crippen LogP contribution is 2.33. The molecule has 0 saturated heterocycles. The van der Waals surface area contributed by atoms with E-state index in [1.54, 1.807) is 0 Å². The number of hydrogen-bond donors (Lipinski definition) is 1. The zero-order valence-corrected chi connectivity index (χ0v) is 12.9. The first-order valence-electron chi connectivity index (χ1n) is 6.81. The molecule has 7 heteroatoms. The predicted octanol–water partition coefficient (Wildman–Crippen LogP) is 3.53. The Hall–Kier alpha value is -3.32. The Labute approximate surface area is 137 Å². The Bertz CT molecular complexity index is 841. The minimum absolute atomic E-state index is 0.0149. The molecule has 0 bridgehead atoms. The molecule has 0 heterocycles. The molecule has 0 fully saturated rings. The van der Waals surface area contributed by atoms with E-state index in [0.29, 0.717) is 0 Å². The number of rotatable bonds is 5. The second-order valence-corrected chi connectivity index (χ2v) is 4.74. The third-order valence-corrected chi connectivity index (χ3v) is 3.34. The van der Waals surface area contributed by atoms with Crippen molar-refractivity contribution in [2.45, 2.75) is 6.04 Å². The quantitative estimate of drug-likeness (QED) is 0.908. The van der Waals surface area contributed by atoms with Crippen LogP contribution in [0, 0.1) is 34.3 Å². The Morgan fingerprint density at radius 1 is 1.00 bits per heavy atom. The molecule has 0 aromatic heterocycles. The van der Waals surface area contributed by atoms with Crippen LogP contribution in [0.15, 0.2) is 30.3 Å². The second kappa shape index (κ2) is 7.30. The number of methoxy groups -OCH3 is 2. The zero-order chi connectivity index (χ0) is 17.7. The van der Waals surface area contributed by atoms with Crippen LogP contribution in [0.3, 0.4) is 0 Å². The van der Waals surface area contributed by atoms with Crippen molar-refractivity contribution in [2.24, 2.45) is 0 Å². The van der Waals surface area contributed by atoms with Crippen molar-refractivity contribution < 1.29 is 18.3 Å². The van der Waals surface area contributed by atoms with E-state index in [4.69, 9.17) is 14.7 Å². The maximum Gasteiger partial charge on any atom is 0.163 e. The molecule has 1 atom stereocenters. The van der Waals surface area contributed by atoms with Crippen LogP contribution in [-0.4, -0.2) is 14.2 Å². The number of nitrogens with zero attached hydrogens (tertiary/aromatic N) is 2. The summed E-state index contributed by atoms with van der Waals surface area (Å²) in [6.07, 6.45) is 0. The van der Waals surface area contributed by atoms with Crippen molar-refractivity contribution in [1.82, 2.24) is 0 Å². The fourth-order valence-corrected chi connectivity index (χ4v) is 2.13. The third-order valence-electron chi connectivity index (χ3n) is 3.34. The standard InChI is InChI=1S/C17H13F2N3O2/c1-23-16-6-11(12(18)7-17(16)24-2)15(9-21)22-14-4-3-10(8-20)5-13(14)19/h3-7,15,22H,1-2H3. The molecule has 5 nitrogen and oxygen atoms in total. The molecule has 122 valence electrons. The maximum absolute atomic E-state index is 14.2. The average molecular weight is 329 g/mol. The maximum atomic E-state index is 14.2. The predicted molar refractivity (Wildman–Crippen MR) is 82.6 cm³/mol. The van der Waals surface area contributed by atoms with Crippen LogP contribution < -0.4 is 14.8 Å². The number of benzene rings is 2. The SMILES string of the molecule is COc1cc(F)c(C(C#N)Nc2ccc(C#N)cc2F)cc1OC. The lowest BCUT2D eigenvalue weighted by molar-refractivity contribution is 0.351. The molecule has 0 saturated carbocycles. The van der Waals surface area contributed by atoms with E-state index in [9.17, 15) is 14.0 Å². The van der Waals surface area contributed by atoms with E-state index < -0.39 is 17.7 Å². The Kier molecular flexibility index (Phi) is 5.18. The van der Waals surface area contributed by atoms with Gasteiger partial charge in [0.2, 0.25) is 0 Å². The molecule has 0 aliphatic heterocycles. The van der Waals surface area contributed by atoms with Crippen LogP contribution in [0.25, 0.3) is 0 Å². The zero-order valence-electron chi connectivity index (χ0n) is 12.9. The number of nitrogens with one attached hydrogen (secondary N) is 1. The van der Waals surface area contributed by atoms with Crippen molar-refractivity contribution in [2.75, 3.05) is 19.5 Å². The van der Waals surface area contributed by atoms with Crippen molar-refractivity contribution in [3.8, 4) is 23.6 Å². The van der Waals surface area contributed by atoms with Crippen LogP contribution in [0.2, 0.25) is 0 Å². The number of anilines is 1. The number of halogens is 2. The highest BCUT2D eigenvalue weighted by atomic mass is 19.1. The normalized spacial score (nSPS) is 11.1. The van der Waals surface area contributed by atoms with Gasteiger partial charge in [-0.2, -0.15) is 10.5 Å². The van der Waals surface area contributed by atoms with Crippen LogP contribution in [-0.2, 0) is 0 Å². The van der Waals surface area contributed by atoms with Gasteiger partial charge in [-0.05, 0) is 24.3 Å². The van der Waals surface area contributed by atoms with E-state index >= 15 is 0 Å². The minimum atomic E-state index is -1.16. The summed E-state index contributed by atoms with van der Waals surface area (Å²) in [7, 11) is 2.75. The Morgan fingerprint density at radius 3 is 2.21 bits per heavy atom. The first kappa shape index (κ1) is 17.0. The van der Waals surface area contributed by atoms with Crippen LogP contribution >= 0.6 is 0 Å². The van der Waals surface area contributed by atoms with Gasteiger partial charge < -0.3 is 14.8 Å². The van der Waals surface area contributed by atoms with Gasteiger partial charge in [-0.3, -0.25) is 0 Å². The van der Waals surface area contributed by atoms with Gasteiger partial charge in [0.05, 0.1) is 37.6 Å². The summed E-state index contributed by atoms with van der Waals surface area (Å²) in [5, 5.41) is 20.7. The lowest BCUT2D eigenvalue weighted by atomic mass is 10.1. The molecule has 0 aliphatic carbocycles. The third kappa shape index (κ3) is 3.36. The van der Waals surface area contributed by atoms with Gasteiger partial charge in [0.25, 0.3) is 0 Å². The summed E-state index contributed by atoms with van der Waals surface area (Å²) in [5.41, 5.74) is 0.109. The first-order valence-corrected chi connectivity index (χ1v) is 6.81. The highest BCUT2D eigenvalue weighted by Gasteiger charge is 2.20. The largest absolute Gasteiger partial charge is 0.493 e. The smallest absolute Gasteiger partial charge is 0.163 e. The van der Waals surface area contributed by atoms with E-state index in [1.165, 1.54) is 32.4 Å². The lowest BCUT2D eigenvalue weighted by Crippen LogP contribution is -2.12. The highest BCUT2D eigenvalue weighted by molar-refractivity contribution is 5.53. The van der Waals surface area contributed by atoms with Crippen LogP contribution in [0.4, 0.5) is 14.5 Å². The molecule has 1 N–H and O–H groups in total. The monoisotopic (exact) mass is 329 g/mol.